The van der Waals surface area contributed by atoms with Gasteiger partial charge in [-0.15, -0.1) is 0 Å². The van der Waals surface area contributed by atoms with Crippen molar-refractivity contribution in [2.75, 3.05) is 13.6 Å². The van der Waals surface area contributed by atoms with E-state index in [1.807, 2.05) is 13.1 Å². The summed E-state index contributed by atoms with van der Waals surface area (Å²) in [6, 6.07) is 6.67. The van der Waals surface area contributed by atoms with Gasteiger partial charge >= 0.3 is 0 Å². The minimum atomic E-state index is -0.198. The molecule has 0 heterocycles. The van der Waals surface area contributed by atoms with Gasteiger partial charge in [-0.1, -0.05) is 12.1 Å². The lowest BCUT2D eigenvalue weighted by Crippen LogP contribution is -2.28. The second-order valence-corrected chi connectivity index (χ2v) is 4.29. The van der Waals surface area contributed by atoms with E-state index in [0.29, 0.717) is 6.10 Å². The van der Waals surface area contributed by atoms with Crippen LogP contribution in [-0.2, 0) is 4.74 Å². The first kappa shape index (κ1) is 11.6. The summed E-state index contributed by atoms with van der Waals surface area (Å²) < 4.78 is 19.1. The molecule has 1 N–H and O–H groups in total. The average molecular weight is 223 g/mol. The predicted octanol–water partition coefficient (Wildman–Crippen LogP) is 2.66. The Morgan fingerprint density at radius 3 is 2.88 bits per heavy atom. The molecule has 0 aliphatic heterocycles. The Morgan fingerprint density at radius 2 is 2.31 bits per heavy atom. The first-order chi connectivity index (χ1) is 7.79. The molecule has 3 heteroatoms. The summed E-state index contributed by atoms with van der Waals surface area (Å²) in [5.74, 6) is -0.198. The number of nitrogens with one attached hydrogen (secondary N) is 1. The van der Waals surface area contributed by atoms with Crippen molar-refractivity contribution in [3.8, 4) is 0 Å². The Morgan fingerprint density at radius 1 is 1.50 bits per heavy atom. The molecule has 0 aromatic heterocycles. The van der Waals surface area contributed by atoms with E-state index in [1.165, 1.54) is 12.5 Å². The molecule has 1 aliphatic rings. The predicted molar refractivity (Wildman–Crippen MR) is 61.8 cm³/mol. The molecule has 1 unspecified atom stereocenters. The summed E-state index contributed by atoms with van der Waals surface area (Å²) in [4.78, 5) is 0. The zero-order valence-electron chi connectivity index (χ0n) is 9.58. The molecule has 1 aromatic carbocycles. The lowest BCUT2D eigenvalue weighted by Gasteiger charge is -2.30. The summed E-state index contributed by atoms with van der Waals surface area (Å²) in [5.41, 5.74) is 0.918. The summed E-state index contributed by atoms with van der Waals surface area (Å²) in [6.07, 6.45) is 3.85. The maximum atomic E-state index is 13.1. The minimum Gasteiger partial charge on any atom is -0.369 e. The van der Waals surface area contributed by atoms with Crippen LogP contribution in [0.25, 0.3) is 0 Å². The summed E-state index contributed by atoms with van der Waals surface area (Å²) >= 11 is 0. The smallest absolute Gasteiger partial charge is 0.123 e. The number of benzene rings is 1. The molecule has 1 fully saturated rings. The molecular weight excluding hydrogens is 205 g/mol. The van der Waals surface area contributed by atoms with Crippen LogP contribution in [0, 0.1) is 5.82 Å². The van der Waals surface area contributed by atoms with Crippen molar-refractivity contribution in [3.05, 3.63) is 35.6 Å². The topological polar surface area (TPSA) is 21.3 Å². The first-order valence-electron chi connectivity index (χ1n) is 5.85. The molecule has 1 saturated carbocycles. The van der Waals surface area contributed by atoms with Crippen LogP contribution in [0.5, 0.6) is 0 Å². The van der Waals surface area contributed by atoms with E-state index < -0.39 is 0 Å². The van der Waals surface area contributed by atoms with E-state index in [2.05, 4.69) is 5.32 Å². The third-order valence-corrected chi connectivity index (χ3v) is 3.02. The van der Waals surface area contributed by atoms with Gasteiger partial charge in [0.15, 0.2) is 0 Å². The fourth-order valence-corrected chi connectivity index (χ4v) is 1.88. The van der Waals surface area contributed by atoms with Crippen LogP contribution in [0.1, 0.15) is 30.9 Å². The number of likely N-dealkylation sites (N-methyl/N-ethyl adjacent to an activating group) is 1. The molecule has 1 aliphatic carbocycles. The highest BCUT2D eigenvalue weighted by Gasteiger charge is 2.23. The van der Waals surface area contributed by atoms with Crippen LogP contribution in [0.3, 0.4) is 0 Å². The van der Waals surface area contributed by atoms with Gasteiger partial charge in [0.05, 0.1) is 12.2 Å². The zero-order chi connectivity index (χ0) is 11.4. The molecule has 0 amide bonds. The largest absolute Gasteiger partial charge is 0.369 e. The van der Waals surface area contributed by atoms with Gasteiger partial charge in [-0.05, 0) is 44.0 Å². The van der Waals surface area contributed by atoms with Crippen molar-refractivity contribution >= 4 is 0 Å². The van der Waals surface area contributed by atoms with Gasteiger partial charge in [0.25, 0.3) is 0 Å². The van der Waals surface area contributed by atoms with Crippen molar-refractivity contribution < 1.29 is 9.13 Å². The van der Waals surface area contributed by atoms with E-state index in [1.54, 1.807) is 12.1 Å². The Kier molecular flexibility index (Phi) is 3.91. The van der Waals surface area contributed by atoms with Gasteiger partial charge in [-0.25, -0.2) is 4.39 Å². The number of ether oxygens (including phenoxy) is 1. The summed E-state index contributed by atoms with van der Waals surface area (Å²) in [7, 11) is 1.89. The Balaban J connectivity index is 2.04. The zero-order valence-corrected chi connectivity index (χ0v) is 9.58. The van der Waals surface area contributed by atoms with E-state index in [9.17, 15) is 4.39 Å². The van der Waals surface area contributed by atoms with Crippen LogP contribution in [0.15, 0.2) is 24.3 Å². The summed E-state index contributed by atoms with van der Waals surface area (Å²) in [6.45, 7) is 0.722. The molecule has 1 aromatic rings. The van der Waals surface area contributed by atoms with Crippen molar-refractivity contribution in [2.24, 2.45) is 0 Å². The highest BCUT2D eigenvalue weighted by atomic mass is 19.1. The van der Waals surface area contributed by atoms with Gasteiger partial charge in [-0.2, -0.15) is 0 Å². The van der Waals surface area contributed by atoms with Crippen LogP contribution in [-0.4, -0.2) is 19.7 Å². The molecule has 0 saturated heterocycles. The van der Waals surface area contributed by atoms with Crippen LogP contribution in [0.2, 0.25) is 0 Å². The highest BCUT2D eigenvalue weighted by molar-refractivity contribution is 5.19. The lowest BCUT2D eigenvalue weighted by atomic mass is 9.95. The molecule has 0 bridgehead atoms. The fourth-order valence-electron chi connectivity index (χ4n) is 1.88. The average Bonchev–Trinajstić information content (AvgIpc) is 2.21. The molecule has 16 heavy (non-hydrogen) atoms. The Labute approximate surface area is 95.8 Å². The maximum absolute atomic E-state index is 13.1. The third kappa shape index (κ3) is 2.80. The monoisotopic (exact) mass is 223 g/mol. The van der Waals surface area contributed by atoms with E-state index in [0.717, 1.165) is 24.9 Å². The number of hydrogen-bond acceptors (Lipinski definition) is 2. The van der Waals surface area contributed by atoms with E-state index >= 15 is 0 Å². The lowest BCUT2D eigenvalue weighted by molar-refractivity contribution is -0.0514. The molecule has 1 atom stereocenters. The fraction of sp³-hybridized carbons (Fsp3) is 0.538. The summed E-state index contributed by atoms with van der Waals surface area (Å²) in [5, 5.41) is 3.09. The van der Waals surface area contributed by atoms with Crippen molar-refractivity contribution in [1.82, 2.24) is 5.32 Å². The molecule has 2 nitrogen and oxygen atoms in total. The van der Waals surface area contributed by atoms with Gasteiger partial charge in [0.2, 0.25) is 0 Å². The van der Waals surface area contributed by atoms with Crippen molar-refractivity contribution in [2.45, 2.75) is 31.5 Å². The molecule has 88 valence electrons. The molecule has 2 rings (SSSR count). The van der Waals surface area contributed by atoms with E-state index in [4.69, 9.17) is 4.74 Å². The SMILES string of the molecule is CNCC(OC1CCC1)c1cccc(F)c1. The second kappa shape index (κ2) is 5.41. The molecule has 0 radical (unpaired) electrons. The normalized spacial score (nSPS) is 18.1. The standard InChI is InChI=1S/C13H18FNO/c1-15-9-13(16-12-6-3-7-12)10-4-2-5-11(14)8-10/h2,4-5,8,12-13,15H,3,6-7,9H2,1H3. The second-order valence-electron chi connectivity index (χ2n) is 4.29. The highest BCUT2D eigenvalue weighted by Crippen LogP contribution is 2.28. The van der Waals surface area contributed by atoms with Crippen LogP contribution >= 0.6 is 0 Å². The maximum Gasteiger partial charge on any atom is 0.123 e. The van der Waals surface area contributed by atoms with Crippen LogP contribution in [0.4, 0.5) is 4.39 Å². The van der Waals surface area contributed by atoms with E-state index in [-0.39, 0.29) is 11.9 Å². The molecular formula is C13H18FNO. The van der Waals surface area contributed by atoms with Gasteiger partial charge in [-0.3, -0.25) is 0 Å². The Bertz CT molecular complexity index is 338. The van der Waals surface area contributed by atoms with Crippen molar-refractivity contribution in [1.29, 1.82) is 0 Å². The van der Waals surface area contributed by atoms with Crippen molar-refractivity contribution in [3.63, 3.8) is 0 Å². The van der Waals surface area contributed by atoms with Gasteiger partial charge < -0.3 is 10.1 Å². The van der Waals surface area contributed by atoms with Gasteiger partial charge in [0, 0.05) is 6.54 Å². The Hall–Kier alpha value is -0.930. The number of halogens is 1. The number of hydrogen-bond donors (Lipinski definition) is 1. The quantitative estimate of drug-likeness (QED) is 0.828. The first-order valence-corrected chi connectivity index (χ1v) is 5.85. The number of rotatable bonds is 5. The van der Waals surface area contributed by atoms with Gasteiger partial charge in [0.1, 0.15) is 5.82 Å². The third-order valence-electron chi connectivity index (χ3n) is 3.02. The van der Waals surface area contributed by atoms with Crippen LogP contribution < -0.4 is 5.32 Å². The minimum absolute atomic E-state index is 0.0361. The molecule has 0 spiro atoms.